The minimum atomic E-state index is -0.338. The number of benzene rings is 1. The van der Waals surface area contributed by atoms with E-state index in [9.17, 15) is 9.18 Å². The second kappa shape index (κ2) is 11.6. The van der Waals surface area contributed by atoms with E-state index in [0.717, 1.165) is 55.7 Å². The molecule has 3 aliphatic rings. The van der Waals surface area contributed by atoms with Gasteiger partial charge < -0.3 is 23.8 Å². The van der Waals surface area contributed by atoms with Gasteiger partial charge in [0.05, 0.1) is 19.8 Å². The molecule has 0 bridgehead atoms. The van der Waals surface area contributed by atoms with Gasteiger partial charge in [0.25, 0.3) is 0 Å². The number of ether oxygens (including phenoxy) is 2. The van der Waals surface area contributed by atoms with Crippen molar-refractivity contribution in [3.05, 3.63) is 41.5 Å². The maximum atomic E-state index is 14.9. The summed E-state index contributed by atoms with van der Waals surface area (Å²) < 4.78 is 31.5. The Kier molecular flexibility index (Phi) is 8.08. The number of piperidine rings is 1. The molecule has 9 heteroatoms. The number of rotatable bonds is 7. The van der Waals surface area contributed by atoms with Gasteiger partial charge in [0, 0.05) is 38.0 Å². The van der Waals surface area contributed by atoms with Crippen LogP contribution in [0.15, 0.2) is 28.8 Å². The zero-order chi connectivity index (χ0) is 25.8. The van der Waals surface area contributed by atoms with E-state index in [1.165, 1.54) is 0 Å². The Morgan fingerprint density at radius 1 is 1.16 bits per heavy atom. The van der Waals surface area contributed by atoms with Crippen LogP contribution in [0, 0.1) is 17.7 Å². The smallest absolute Gasteiger partial charge is 0.324 e. The van der Waals surface area contributed by atoms with Crippen molar-refractivity contribution in [2.75, 3.05) is 50.9 Å². The van der Waals surface area contributed by atoms with E-state index < -0.39 is 0 Å². The number of halogens is 1. The lowest BCUT2D eigenvalue weighted by Gasteiger charge is -2.31. The molecule has 2 aromatic rings. The average molecular weight is 513 g/mol. The second-order valence-corrected chi connectivity index (χ2v) is 10.6. The van der Waals surface area contributed by atoms with Crippen molar-refractivity contribution in [1.29, 1.82) is 0 Å². The van der Waals surface area contributed by atoms with E-state index in [4.69, 9.17) is 14.0 Å². The number of carbonyl (C=O) groups is 1. The van der Waals surface area contributed by atoms with Crippen LogP contribution in [0.5, 0.6) is 5.75 Å². The maximum absolute atomic E-state index is 14.9. The maximum Gasteiger partial charge on any atom is 0.324 e. The Bertz CT molecular complexity index is 1100. The summed E-state index contributed by atoms with van der Waals surface area (Å²) in [7, 11) is 0. The summed E-state index contributed by atoms with van der Waals surface area (Å²) in [6.45, 7) is 8.79. The van der Waals surface area contributed by atoms with E-state index in [2.05, 4.69) is 21.1 Å². The molecule has 2 aliphatic heterocycles. The van der Waals surface area contributed by atoms with Gasteiger partial charge in [-0.1, -0.05) is 31.1 Å². The van der Waals surface area contributed by atoms with Gasteiger partial charge in [-0.25, -0.2) is 4.39 Å². The van der Waals surface area contributed by atoms with Crippen molar-refractivity contribution in [2.24, 2.45) is 11.8 Å². The molecule has 37 heavy (non-hydrogen) atoms. The molecule has 1 amide bonds. The normalized spacial score (nSPS) is 21.3. The van der Waals surface area contributed by atoms with Gasteiger partial charge in [0.2, 0.25) is 5.91 Å². The molecular weight excluding hydrogens is 475 g/mol. The monoisotopic (exact) mass is 512 g/mol. The van der Waals surface area contributed by atoms with Gasteiger partial charge in [-0.2, -0.15) is 4.98 Å². The number of nitrogens with zero attached hydrogens (tertiary/aromatic N) is 4. The zero-order valence-corrected chi connectivity index (χ0v) is 21.8. The molecule has 1 aliphatic carbocycles. The van der Waals surface area contributed by atoms with Gasteiger partial charge in [0.15, 0.2) is 17.4 Å². The SMILES string of the molecule is CC(C)c1noc(N2CCC(COc3ccc(C4=CCC(C(=O)N5CCOCC5)CC4)cc3F)CC2)n1. The third kappa shape index (κ3) is 6.14. The lowest BCUT2D eigenvalue weighted by molar-refractivity contribution is -0.139. The molecule has 1 atom stereocenters. The standard InChI is InChI=1S/C28H37FN4O4/c1-19(2)26-30-28(37-31-26)33-11-9-20(10-12-33)18-36-25-8-7-23(17-24(25)29)21-3-5-22(6-4-21)27(34)32-13-15-35-16-14-32/h3,7-8,17,19-20,22H,4-6,9-16,18H2,1-2H3. The summed E-state index contributed by atoms with van der Waals surface area (Å²) in [5.41, 5.74) is 1.97. The highest BCUT2D eigenvalue weighted by Gasteiger charge is 2.28. The Morgan fingerprint density at radius 2 is 1.95 bits per heavy atom. The number of allylic oxidation sites excluding steroid dienone is 2. The molecule has 0 N–H and O–H groups in total. The lowest BCUT2D eigenvalue weighted by atomic mass is 9.85. The van der Waals surface area contributed by atoms with E-state index in [1.807, 2.05) is 24.8 Å². The second-order valence-electron chi connectivity index (χ2n) is 10.6. The zero-order valence-electron chi connectivity index (χ0n) is 21.8. The van der Waals surface area contributed by atoms with E-state index in [-0.39, 0.29) is 23.6 Å². The van der Waals surface area contributed by atoms with Crippen LogP contribution < -0.4 is 9.64 Å². The van der Waals surface area contributed by atoms with Crippen molar-refractivity contribution in [3.63, 3.8) is 0 Å². The Hall–Kier alpha value is -2.94. The van der Waals surface area contributed by atoms with Gasteiger partial charge in [0.1, 0.15) is 0 Å². The van der Waals surface area contributed by atoms with E-state index >= 15 is 0 Å². The van der Waals surface area contributed by atoms with Gasteiger partial charge in [-0.05, 0) is 61.3 Å². The van der Waals surface area contributed by atoms with E-state index in [1.54, 1.807) is 12.1 Å². The highest BCUT2D eigenvalue weighted by atomic mass is 19.1. The van der Waals surface area contributed by atoms with Crippen LogP contribution in [0.2, 0.25) is 0 Å². The lowest BCUT2D eigenvalue weighted by Crippen LogP contribution is -2.44. The van der Waals surface area contributed by atoms with Crippen LogP contribution >= 0.6 is 0 Å². The molecule has 0 saturated carbocycles. The summed E-state index contributed by atoms with van der Waals surface area (Å²) in [5, 5.41) is 4.05. The fourth-order valence-corrected chi connectivity index (χ4v) is 5.27. The fraction of sp³-hybridized carbons (Fsp3) is 0.607. The highest BCUT2D eigenvalue weighted by Crippen LogP contribution is 2.33. The summed E-state index contributed by atoms with van der Waals surface area (Å²) in [5.74, 6) is 1.50. The Labute approximate surface area is 217 Å². The first-order valence-corrected chi connectivity index (χ1v) is 13.5. The van der Waals surface area contributed by atoms with Crippen LogP contribution in [0.1, 0.15) is 63.3 Å². The largest absolute Gasteiger partial charge is 0.490 e. The number of hydrogen-bond acceptors (Lipinski definition) is 7. The number of amides is 1. The predicted molar refractivity (Wildman–Crippen MR) is 138 cm³/mol. The van der Waals surface area contributed by atoms with Crippen LogP contribution in [0.4, 0.5) is 10.4 Å². The third-order valence-corrected chi connectivity index (χ3v) is 7.69. The molecule has 2 fully saturated rings. The van der Waals surface area contributed by atoms with Crippen LogP contribution in [0.3, 0.4) is 0 Å². The van der Waals surface area contributed by atoms with Gasteiger partial charge in [-0.3, -0.25) is 4.79 Å². The molecule has 5 rings (SSSR count). The highest BCUT2D eigenvalue weighted by molar-refractivity contribution is 5.81. The van der Waals surface area contributed by atoms with Crippen molar-refractivity contribution in [2.45, 2.75) is 51.9 Å². The van der Waals surface area contributed by atoms with Crippen molar-refractivity contribution in [3.8, 4) is 5.75 Å². The molecule has 1 unspecified atom stereocenters. The number of aromatic nitrogens is 2. The van der Waals surface area contributed by atoms with Gasteiger partial charge in [-0.15, -0.1) is 0 Å². The van der Waals surface area contributed by atoms with Crippen LogP contribution in [-0.4, -0.2) is 66.9 Å². The fourth-order valence-electron chi connectivity index (χ4n) is 5.27. The third-order valence-electron chi connectivity index (χ3n) is 7.69. The van der Waals surface area contributed by atoms with Gasteiger partial charge >= 0.3 is 6.01 Å². The molecule has 8 nitrogen and oxygen atoms in total. The average Bonchev–Trinajstić information content (AvgIpc) is 3.44. The molecule has 0 radical (unpaired) electrons. The number of anilines is 1. The number of carbonyl (C=O) groups excluding carboxylic acids is 1. The van der Waals surface area contributed by atoms with Crippen LogP contribution in [0.25, 0.3) is 5.57 Å². The predicted octanol–water partition coefficient (Wildman–Crippen LogP) is 4.67. The summed E-state index contributed by atoms with van der Waals surface area (Å²) in [6.07, 6.45) is 6.23. The number of morpholine rings is 1. The van der Waals surface area contributed by atoms with Crippen LogP contribution in [-0.2, 0) is 9.53 Å². The topological polar surface area (TPSA) is 80.9 Å². The van der Waals surface area contributed by atoms with Crippen molar-refractivity contribution in [1.82, 2.24) is 15.0 Å². The molecule has 1 aromatic heterocycles. The quantitative estimate of drug-likeness (QED) is 0.533. The summed E-state index contributed by atoms with van der Waals surface area (Å²) in [4.78, 5) is 21.3. The Balaban J connectivity index is 1.10. The minimum absolute atomic E-state index is 0.0119. The number of hydrogen-bond donors (Lipinski definition) is 0. The molecule has 2 saturated heterocycles. The molecule has 200 valence electrons. The molecular formula is C28H37FN4O4. The summed E-state index contributed by atoms with van der Waals surface area (Å²) in [6, 6.07) is 5.81. The first-order valence-electron chi connectivity index (χ1n) is 13.5. The molecule has 0 spiro atoms. The van der Waals surface area contributed by atoms with Crippen molar-refractivity contribution >= 4 is 17.5 Å². The first-order chi connectivity index (χ1) is 18.0. The van der Waals surface area contributed by atoms with Crippen molar-refractivity contribution < 1.29 is 23.2 Å². The molecule has 3 heterocycles. The Morgan fingerprint density at radius 3 is 2.59 bits per heavy atom. The van der Waals surface area contributed by atoms with E-state index in [0.29, 0.717) is 57.0 Å². The summed E-state index contributed by atoms with van der Waals surface area (Å²) >= 11 is 0. The molecule has 1 aromatic carbocycles. The first kappa shape index (κ1) is 25.7. The minimum Gasteiger partial charge on any atom is -0.490 e.